The lowest BCUT2D eigenvalue weighted by molar-refractivity contribution is 0.0572. The molecule has 1 aromatic carbocycles. The van der Waals surface area contributed by atoms with E-state index in [2.05, 4.69) is 10.00 Å². The molecule has 26 heavy (non-hydrogen) atoms. The van der Waals surface area contributed by atoms with Gasteiger partial charge in [-0.15, -0.1) is 0 Å². The van der Waals surface area contributed by atoms with Crippen molar-refractivity contribution in [2.45, 2.75) is 38.6 Å². The molecule has 5 nitrogen and oxygen atoms in total. The highest BCUT2D eigenvalue weighted by Gasteiger charge is 2.29. The average Bonchev–Trinajstić information content (AvgIpc) is 3.31. The van der Waals surface area contributed by atoms with Gasteiger partial charge in [-0.2, -0.15) is 5.10 Å². The van der Waals surface area contributed by atoms with Crippen LogP contribution in [0, 0.1) is 6.92 Å². The lowest BCUT2D eigenvalue weighted by Crippen LogP contribution is -2.51. The molecule has 1 aromatic heterocycles. The van der Waals surface area contributed by atoms with Gasteiger partial charge in [0.2, 0.25) is 0 Å². The standard InChI is InChI=1S/C20H25ClN4O/c1-15-19(14-22-25(15)18-8-4-5-16(21)13-18)20(26)24-11-9-23(10-12-24)17-6-2-3-7-17/h4-5,8,13-14,17H,2-3,6-7,9-12H2,1H3. The zero-order valence-corrected chi connectivity index (χ0v) is 16.0. The second kappa shape index (κ2) is 7.41. The number of nitrogens with zero attached hydrogens (tertiary/aromatic N) is 4. The molecule has 6 heteroatoms. The first-order chi connectivity index (χ1) is 12.6. The van der Waals surface area contributed by atoms with Crippen LogP contribution in [0.5, 0.6) is 0 Å². The van der Waals surface area contributed by atoms with Gasteiger partial charge < -0.3 is 4.90 Å². The summed E-state index contributed by atoms with van der Waals surface area (Å²) in [5.74, 6) is 0.0850. The number of piperazine rings is 1. The molecule has 0 bridgehead atoms. The predicted octanol–water partition coefficient (Wildman–Crippen LogP) is 3.53. The summed E-state index contributed by atoms with van der Waals surface area (Å²) in [6.07, 6.45) is 7.03. The Morgan fingerprint density at radius 3 is 2.58 bits per heavy atom. The zero-order valence-electron chi connectivity index (χ0n) is 15.2. The molecule has 1 saturated carbocycles. The number of hydrogen-bond acceptors (Lipinski definition) is 3. The first-order valence-corrected chi connectivity index (χ1v) is 9.85. The molecule has 0 N–H and O–H groups in total. The molecule has 2 aromatic rings. The van der Waals surface area contributed by atoms with Gasteiger partial charge in [0.05, 0.1) is 23.1 Å². The zero-order chi connectivity index (χ0) is 18.1. The molecule has 2 fully saturated rings. The van der Waals surface area contributed by atoms with E-state index in [1.54, 1.807) is 10.9 Å². The fourth-order valence-corrected chi connectivity index (χ4v) is 4.40. The van der Waals surface area contributed by atoms with Gasteiger partial charge in [-0.1, -0.05) is 30.5 Å². The maximum atomic E-state index is 13.0. The van der Waals surface area contributed by atoms with E-state index < -0.39 is 0 Å². The SMILES string of the molecule is Cc1c(C(=O)N2CCN(C3CCCC3)CC2)cnn1-c1cccc(Cl)c1. The lowest BCUT2D eigenvalue weighted by atomic mass is 10.1. The summed E-state index contributed by atoms with van der Waals surface area (Å²) in [5.41, 5.74) is 2.41. The van der Waals surface area contributed by atoms with Gasteiger partial charge in [0.15, 0.2) is 0 Å². The number of aromatic nitrogens is 2. The first kappa shape index (κ1) is 17.6. The molecule has 0 radical (unpaired) electrons. The molecule has 1 amide bonds. The highest BCUT2D eigenvalue weighted by Crippen LogP contribution is 2.25. The van der Waals surface area contributed by atoms with E-state index in [-0.39, 0.29) is 5.91 Å². The molecular formula is C20H25ClN4O. The predicted molar refractivity (Wildman–Crippen MR) is 103 cm³/mol. The van der Waals surface area contributed by atoms with Crippen LogP contribution in [0.15, 0.2) is 30.5 Å². The Morgan fingerprint density at radius 1 is 1.15 bits per heavy atom. The summed E-state index contributed by atoms with van der Waals surface area (Å²) in [6.45, 7) is 5.51. The molecular weight excluding hydrogens is 348 g/mol. The second-order valence-corrected chi connectivity index (χ2v) is 7.74. The van der Waals surface area contributed by atoms with Crippen LogP contribution in [-0.2, 0) is 0 Å². The molecule has 138 valence electrons. The summed E-state index contributed by atoms with van der Waals surface area (Å²) < 4.78 is 1.79. The van der Waals surface area contributed by atoms with E-state index in [1.165, 1.54) is 25.7 Å². The van der Waals surface area contributed by atoms with Crippen molar-refractivity contribution in [3.63, 3.8) is 0 Å². The van der Waals surface area contributed by atoms with Gasteiger partial charge in [0.25, 0.3) is 5.91 Å². The average molecular weight is 373 g/mol. The second-order valence-electron chi connectivity index (χ2n) is 7.30. The maximum absolute atomic E-state index is 13.0. The Bertz CT molecular complexity index is 789. The van der Waals surface area contributed by atoms with Crippen LogP contribution in [-0.4, -0.2) is 57.7 Å². The number of carbonyl (C=O) groups is 1. The van der Waals surface area contributed by atoms with Gasteiger partial charge in [0.1, 0.15) is 0 Å². The minimum Gasteiger partial charge on any atom is -0.336 e. The molecule has 2 heterocycles. The van der Waals surface area contributed by atoms with E-state index >= 15 is 0 Å². The highest BCUT2D eigenvalue weighted by molar-refractivity contribution is 6.30. The topological polar surface area (TPSA) is 41.4 Å². The van der Waals surface area contributed by atoms with Crippen molar-refractivity contribution in [1.82, 2.24) is 19.6 Å². The van der Waals surface area contributed by atoms with E-state index in [9.17, 15) is 4.79 Å². The fraction of sp³-hybridized carbons (Fsp3) is 0.500. The molecule has 1 aliphatic heterocycles. The molecule has 4 rings (SSSR count). The summed E-state index contributed by atoms with van der Waals surface area (Å²) in [5, 5.41) is 5.08. The van der Waals surface area contributed by atoms with Crippen LogP contribution < -0.4 is 0 Å². The van der Waals surface area contributed by atoms with Crippen LogP contribution in [0.4, 0.5) is 0 Å². The van der Waals surface area contributed by atoms with Crippen molar-refractivity contribution in [1.29, 1.82) is 0 Å². The van der Waals surface area contributed by atoms with Crippen molar-refractivity contribution < 1.29 is 4.79 Å². The Kier molecular flexibility index (Phi) is 5.00. The van der Waals surface area contributed by atoms with Crippen molar-refractivity contribution in [3.8, 4) is 5.69 Å². The van der Waals surface area contributed by atoms with Crippen LogP contribution in [0.3, 0.4) is 0 Å². The molecule has 2 aliphatic rings. The molecule has 0 spiro atoms. The van der Waals surface area contributed by atoms with Gasteiger partial charge in [-0.25, -0.2) is 4.68 Å². The number of rotatable bonds is 3. The van der Waals surface area contributed by atoms with Crippen LogP contribution in [0.2, 0.25) is 5.02 Å². The minimum atomic E-state index is 0.0850. The van der Waals surface area contributed by atoms with Crippen LogP contribution in [0.25, 0.3) is 5.69 Å². The Labute approximate surface area is 159 Å². The third-order valence-corrected chi connectivity index (χ3v) is 5.97. The molecule has 1 saturated heterocycles. The van der Waals surface area contributed by atoms with Crippen molar-refractivity contribution >= 4 is 17.5 Å². The lowest BCUT2D eigenvalue weighted by Gasteiger charge is -2.38. The van der Waals surface area contributed by atoms with E-state index in [4.69, 9.17) is 11.6 Å². The number of amides is 1. The third-order valence-electron chi connectivity index (χ3n) is 5.74. The first-order valence-electron chi connectivity index (χ1n) is 9.47. The fourth-order valence-electron chi connectivity index (χ4n) is 4.22. The summed E-state index contributed by atoms with van der Waals surface area (Å²) >= 11 is 6.08. The third kappa shape index (κ3) is 3.38. The Morgan fingerprint density at radius 2 is 1.88 bits per heavy atom. The number of halogens is 1. The van der Waals surface area contributed by atoms with Gasteiger partial charge in [-0.3, -0.25) is 9.69 Å². The normalized spacial score (nSPS) is 19.2. The van der Waals surface area contributed by atoms with Crippen molar-refractivity contribution in [2.24, 2.45) is 0 Å². The summed E-state index contributed by atoms with van der Waals surface area (Å²) in [7, 11) is 0. The van der Waals surface area contributed by atoms with E-state index in [0.717, 1.165) is 43.6 Å². The van der Waals surface area contributed by atoms with Crippen LogP contribution in [0.1, 0.15) is 41.7 Å². The van der Waals surface area contributed by atoms with E-state index in [1.807, 2.05) is 36.1 Å². The van der Waals surface area contributed by atoms with Crippen molar-refractivity contribution in [3.05, 3.63) is 46.7 Å². The number of benzene rings is 1. The summed E-state index contributed by atoms with van der Waals surface area (Å²) in [6, 6.07) is 8.26. The smallest absolute Gasteiger partial charge is 0.257 e. The molecule has 1 aliphatic carbocycles. The minimum absolute atomic E-state index is 0.0850. The van der Waals surface area contributed by atoms with E-state index in [0.29, 0.717) is 10.6 Å². The van der Waals surface area contributed by atoms with Gasteiger partial charge >= 0.3 is 0 Å². The molecule has 0 atom stereocenters. The van der Waals surface area contributed by atoms with Gasteiger partial charge in [-0.05, 0) is 38.0 Å². The summed E-state index contributed by atoms with van der Waals surface area (Å²) in [4.78, 5) is 17.5. The molecule has 0 unspecified atom stereocenters. The number of hydrogen-bond donors (Lipinski definition) is 0. The van der Waals surface area contributed by atoms with Crippen LogP contribution >= 0.6 is 11.6 Å². The monoisotopic (exact) mass is 372 g/mol. The number of carbonyl (C=O) groups excluding carboxylic acids is 1. The largest absolute Gasteiger partial charge is 0.336 e. The Balaban J connectivity index is 1.46. The van der Waals surface area contributed by atoms with Gasteiger partial charge in [0, 0.05) is 37.2 Å². The quantitative estimate of drug-likeness (QED) is 0.827. The highest BCUT2D eigenvalue weighted by atomic mass is 35.5. The Hall–Kier alpha value is -1.85. The van der Waals surface area contributed by atoms with Crippen molar-refractivity contribution in [2.75, 3.05) is 26.2 Å². The maximum Gasteiger partial charge on any atom is 0.257 e.